The molecule has 1 aromatic rings. The second-order valence-corrected chi connectivity index (χ2v) is 4.28. The zero-order chi connectivity index (χ0) is 12.3. The predicted octanol–water partition coefficient (Wildman–Crippen LogP) is 3.49. The molecule has 0 N–H and O–H groups in total. The van der Waals surface area contributed by atoms with Crippen LogP contribution in [0.4, 0.5) is 5.69 Å². The van der Waals surface area contributed by atoms with Gasteiger partial charge in [0.25, 0.3) is 0 Å². The molecule has 1 nitrogen and oxygen atoms in total. The Morgan fingerprint density at radius 1 is 1.53 bits per heavy atom. The van der Waals surface area contributed by atoms with Crippen LogP contribution in [0.3, 0.4) is 0 Å². The number of para-hydroxylation sites is 1. The van der Waals surface area contributed by atoms with Crippen molar-refractivity contribution in [2.24, 2.45) is 0 Å². The molecule has 0 fully saturated rings. The summed E-state index contributed by atoms with van der Waals surface area (Å²) in [6.07, 6.45) is 10.7. The zero-order valence-electron chi connectivity index (χ0n) is 10.2. The Morgan fingerprint density at radius 3 is 3.00 bits per heavy atom. The van der Waals surface area contributed by atoms with Crippen molar-refractivity contribution in [1.29, 1.82) is 0 Å². The minimum Gasteiger partial charge on any atom is -0.353 e. The molecular weight excluding hydrogens is 206 g/mol. The highest BCUT2D eigenvalue weighted by molar-refractivity contribution is 5.77. The van der Waals surface area contributed by atoms with Crippen molar-refractivity contribution >= 4 is 11.3 Å². The quantitative estimate of drug-likeness (QED) is 0.548. The lowest BCUT2D eigenvalue weighted by molar-refractivity contribution is 0.741. The number of anilines is 1. The topological polar surface area (TPSA) is 3.24 Å². The van der Waals surface area contributed by atoms with Crippen LogP contribution in [-0.2, 0) is 0 Å². The highest BCUT2D eigenvalue weighted by Crippen LogP contribution is 2.32. The van der Waals surface area contributed by atoms with Crippen LogP contribution < -0.4 is 4.90 Å². The van der Waals surface area contributed by atoms with E-state index in [-0.39, 0.29) is 6.04 Å². The van der Waals surface area contributed by atoms with E-state index in [1.807, 2.05) is 6.08 Å². The van der Waals surface area contributed by atoms with Gasteiger partial charge in [-0.15, -0.1) is 13.0 Å². The van der Waals surface area contributed by atoms with E-state index in [1.165, 1.54) is 16.8 Å². The van der Waals surface area contributed by atoms with E-state index < -0.39 is 0 Å². The summed E-state index contributed by atoms with van der Waals surface area (Å²) in [6, 6.07) is 8.69. The molecule has 0 saturated heterocycles. The fourth-order valence-electron chi connectivity index (χ4n) is 2.30. The number of hydrogen-bond donors (Lipinski definition) is 0. The van der Waals surface area contributed by atoms with Gasteiger partial charge in [-0.3, -0.25) is 0 Å². The molecule has 0 bridgehead atoms. The predicted molar refractivity (Wildman–Crippen MR) is 74.9 cm³/mol. The number of rotatable bonds is 2. The smallest absolute Gasteiger partial charge is 0.0798 e. The molecule has 0 radical (unpaired) electrons. The summed E-state index contributed by atoms with van der Waals surface area (Å²) < 4.78 is 0. The largest absolute Gasteiger partial charge is 0.353 e. The summed E-state index contributed by atoms with van der Waals surface area (Å²) in [6.45, 7) is 6.69. The van der Waals surface area contributed by atoms with E-state index in [0.717, 1.165) is 6.42 Å². The van der Waals surface area contributed by atoms with Crippen LogP contribution in [0.1, 0.15) is 18.9 Å². The first kappa shape index (κ1) is 11.5. The maximum absolute atomic E-state index is 5.48. The van der Waals surface area contributed by atoms with Gasteiger partial charge in [0.05, 0.1) is 12.6 Å². The van der Waals surface area contributed by atoms with Gasteiger partial charge in [-0.2, -0.15) is 0 Å². The average molecular weight is 223 g/mol. The summed E-state index contributed by atoms with van der Waals surface area (Å²) in [4.78, 5) is 2.25. The van der Waals surface area contributed by atoms with Gasteiger partial charge >= 0.3 is 0 Å². The maximum Gasteiger partial charge on any atom is 0.0798 e. The van der Waals surface area contributed by atoms with Crippen molar-refractivity contribution in [3.05, 3.63) is 48.6 Å². The second kappa shape index (κ2) is 4.93. The van der Waals surface area contributed by atoms with E-state index in [1.54, 1.807) is 0 Å². The Bertz CT molecular complexity index is 490. The number of fused-ring (bicyclic) bond motifs is 1. The molecule has 2 rings (SSSR count). The van der Waals surface area contributed by atoms with Gasteiger partial charge in [-0.25, -0.2) is 0 Å². The molecule has 0 spiro atoms. The minimum absolute atomic E-state index is 0.282. The van der Waals surface area contributed by atoms with E-state index in [0.29, 0.717) is 6.54 Å². The Labute approximate surface area is 103 Å². The Balaban J connectivity index is 2.54. The molecule has 0 aliphatic carbocycles. The number of benzene rings is 1. The third-order valence-electron chi connectivity index (χ3n) is 3.24. The van der Waals surface area contributed by atoms with E-state index in [9.17, 15) is 0 Å². The second-order valence-electron chi connectivity index (χ2n) is 4.28. The van der Waals surface area contributed by atoms with Gasteiger partial charge < -0.3 is 4.90 Å². The first-order chi connectivity index (χ1) is 8.27. The molecule has 1 aliphatic heterocycles. The fourth-order valence-corrected chi connectivity index (χ4v) is 2.30. The Hall–Kier alpha value is -1.94. The molecule has 17 heavy (non-hydrogen) atoms. The van der Waals surface area contributed by atoms with Crippen molar-refractivity contribution in [3.8, 4) is 12.3 Å². The van der Waals surface area contributed by atoms with Crippen molar-refractivity contribution in [3.63, 3.8) is 0 Å². The Kier molecular flexibility index (Phi) is 3.35. The van der Waals surface area contributed by atoms with Crippen LogP contribution in [0.5, 0.6) is 0 Å². The van der Waals surface area contributed by atoms with E-state index in [4.69, 9.17) is 6.42 Å². The van der Waals surface area contributed by atoms with Gasteiger partial charge in [0.1, 0.15) is 0 Å². The number of allylic oxidation sites excluding steroid dienone is 1. The van der Waals surface area contributed by atoms with Gasteiger partial charge in [0, 0.05) is 11.3 Å². The Morgan fingerprint density at radius 2 is 2.29 bits per heavy atom. The van der Waals surface area contributed by atoms with Crippen LogP contribution in [-0.4, -0.2) is 12.6 Å². The van der Waals surface area contributed by atoms with Crippen LogP contribution in [0.25, 0.3) is 5.57 Å². The minimum atomic E-state index is 0.282. The van der Waals surface area contributed by atoms with Crippen LogP contribution in [0, 0.1) is 12.3 Å². The third-order valence-corrected chi connectivity index (χ3v) is 3.24. The molecule has 1 aromatic carbocycles. The summed E-state index contributed by atoms with van der Waals surface area (Å²) in [5, 5.41) is 0. The van der Waals surface area contributed by atoms with Crippen LogP contribution in [0.2, 0.25) is 0 Å². The molecule has 0 saturated carbocycles. The molecule has 0 unspecified atom stereocenters. The molecule has 1 atom stereocenters. The summed E-state index contributed by atoms with van der Waals surface area (Å²) in [7, 11) is 0. The molecule has 86 valence electrons. The van der Waals surface area contributed by atoms with Crippen LogP contribution >= 0.6 is 0 Å². The monoisotopic (exact) mass is 223 g/mol. The van der Waals surface area contributed by atoms with Gasteiger partial charge in [0.15, 0.2) is 0 Å². The molecule has 1 heteroatoms. The SMILES string of the molecule is C#CCN1c2ccccc2C(C)=CC[C@@H]1C=C. The van der Waals surface area contributed by atoms with E-state index >= 15 is 0 Å². The van der Waals surface area contributed by atoms with E-state index in [2.05, 4.69) is 54.7 Å². The first-order valence-electron chi connectivity index (χ1n) is 5.86. The highest BCUT2D eigenvalue weighted by atomic mass is 15.2. The fraction of sp³-hybridized carbons (Fsp3) is 0.250. The molecule has 1 heterocycles. The van der Waals surface area contributed by atoms with Gasteiger partial charge in [0.2, 0.25) is 0 Å². The standard InChI is InChI=1S/C16H17N/c1-4-12-17-14(5-2)11-10-13(3)15-8-6-7-9-16(15)17/h1,5-10,14H,2,11-12H2,3H3/t14-/m0/s1. The molecule has 1 aliphatic rings. The normalized spacial score (nSPS) is 18.7. The van der Waals surface area contributed by atoms with Gasteiger partial charge in [-0.1, -0.05) is 36.3 Å². The van der Waals surface area contributed by atoms with Gasteiger partial charge in [-0.05, 0) is 25.0 Å². The molecule has 0 aromatic heterocycles. The van der Waals surface area contributed by atoms with Crippen molar-refractivity contribution in [1.82, 2.24) is 0 Å². The van der Waals surface area contributed by atoms with Crippen molar-refractivity contribution in [2.75, 3.05) is 11.4 Å². The van der Waals surface area contributed by atoms with Crippen molar-refractivity contribution < 1.29 is 0 Å². The summed E-state index contributed by atoms with van der Waals surface area (Å²) in [5.41, 5.74) is 3.79. The number of nitrogens with zero attached hydrogens (tertiary/aromatic N) is 1. The average Bonchev–Trinajstić information content (AvgIpc) is 2.49. The lowest BCUT2D eigenvalue weighted by Gasteiger charge is -2.29. The first-order valence-corrected chi connectivity index (χ1v) is 5.86. The number of terminal acetylenes is 1. The lowest BCUT2D eigenvalue weighted by atomic mass is 10.1. The molecular formula is C16H17N. The molecule has 0 amide bonds. The number of hydrogen-bond acceptors (Lipinski definition) is 1. The third kappa shape index (κ3) is 2.12. The lowest BCUT2D eigenvalue weighted by Crippen LogP contribution is -2.33. The summed E-state index contributed by atoms with van der Waals surface area (Å²) >= 11 is 0. The highest BCUT2D eigenvalue weighted by Gasteiger charge is 2.20. The van der Waals surface area contributed by atoms with Crippen LogP contribution in [0.15, 0.2) is 43.0 Å². The van der Waals surface area contributed by atoms with Crippen molar-refractivity contribution in [2.45, 2.75) is 19.4 Å². The summed E-state index contributed by atoms with van der Waals surface area (Å²) in [5.74, 6) is 2.74. The zero-order valence-corrected chi connectivity index (χ0v) is 10.2. The maximum atomic E-state index is 5.48.